The van der Waals surface area contributed by atoms with Gasteiger partial charge in [-0.3, -0.25) is 9.79 Å². The third-order valence-corrected chi connectivity index (χ3v) is 4.81. The molecule has 0 saturated carbocycles. The predicted octanol–water partition coefficient (Wildman–Crippen LogP) is 1.22. The van der Waals surface area contributed by atoms with Crippen molar-refractivity contribution >= 4 is 34.8 Å². The van der Waals surface area contributed by atoms with Gasteiger partial charge in [0.25, 0.3) is 0 Å². The highest BCUT2D eigenvalue weighted by Gasteiger charge is 2.18. The summed E-state index contributed by atoms with van der Waals surface area (Å²) in [5.41, 5.74) is 0. The van der Waals surface area contributed by atoms with Crippen LogP contribution in [0.3, 0.4) is 0 Å². The third kappa shape index (κ3) is 4.86. The number of aliphatic hydroxyl groups excluding tert-OH is 1. The van der Waals surface area contributed by atoms with Gasteiger partial charge in [0.05, 0.1) is 10.9 Å². The standard InChI is InChI=1S/C14H21ClN4O2S/c1-16-14(18-9-13(21)19-6-2-3-7-19)17-8-10(20)11-4-5-12(15)22-11/h4-5,10,20H,2-3,6-9H2,1H3,(H2,16,17,18). The van der Waals surface area contributed by atoms with Gasteiger partial charge < -0.3 is 20.6 Å². The molecule has 0 radical (unpaired) electrons. The summed E-state index contributed by atoms with van der Waals surface area (Å²) in [6, 6.07) is 3.55. The Kier molecular flexibility index (Phi) is 6.48. The highest BCUT2D eigenvalue weighted by molar-refractivity contribution is 7.16. The van der Waals surface area contributed by atoms with E-state index in [0.717, 1.165) is 30.8 Å². The van der Waals surface area contributed by atoms with E-state index in [-0.39, 0.29) is 12.5 Å². The van der Waals surface area contributed by atoms with Gasteiger partial charge in [0.1, 0.15) is 6.10 Å². The minimum Gasteiger partial charge on any atom is -0.386 e. The molecule has 1 amide bonds. The number of guanidine groups is 1. The molecule has 2 heterocycles. The highest BCUT2D eigenvalue weighted by Crippen LogP contribution is 2.26. The number of nitrogens with zero attached hydrogens (tertiary/aromatic N) is 2. The van der Waals surface area contributed by atoms with E-state index >= 15 is 0 Å². The van der Waals surface area contributed by atoms with Crippen molar-refractivity contribution in [1.29, 1.82) is 0 Å². The van der Waals surface area contributed by atoms with Crippen molar-refractivity contribution in [3.05, 3.63) is 21.3 Å². The summed E-state index contributed by atoms with van der Waals surface area (Å²) in [4.78, 5) is 18.6. The lowest BCUT2D eigenvalue weighted by Crippen LogP contribution is -2.44. The van der Waals surface area contributed by atoms with Gasteiger partial charge in [-0.25, -0.2) is 0 Å². The molecule has 8 heteroatoms. The molecule has 0 spiro atoms. The van der Waals surface area contributed by atoms with Crippen LogP contribution in [0.15, 0.2) is 17.1 Å². The molecule has 1 atom stereocenters. The smallest absolute Gasteiger partial charge is 0.241 e. The van der Waals surface area contributed by atoms with Crippen LogP contribution in [0.25, 0.3) is 0 Å². The van der Waals surface area contributed by atoms with Crippen LogP contribution in [-0.2, 0) is 4.79 Å². The third-order valence-electron chi connectivity index (χ3n) is 3.47. The fourth-order valence-electron chi connectivity index (χ4n) is 2.26. The maximum Gasteiger partial charge on any atom is 0.241 e. The molecule has 1 aromatic heterocycles. The SMILES string of the molecule is CN=C(NCC(=O)N1CCCC1)NCC(O)c1ccc(Cl)s1. The van der Waals surface area contributed by atoms with E-state index in [2.05, 4.69) is 15.6 Å². The van der Waals surface area contributed by atoms with Crippen molar-refractivity contribution in [3.8, 4) is 0 Å². The minimum absolute atomic E-state index is 0.0750. The number of hydrogen-bond acceptors (Lipinski definition) is 4. The maximum absolute atomic E-state index is 11.9. The topological polar surface area (TPSA) is 77.0 Å². The lowest BCUT2D eigenvalue weighted by atomic mass is 10.3. The number of aliphatic imine (C=N–C) groups is 1. The summed E-state index contributed by atoms with van der Waals surface area (Å²) in [5.74, 6) is 0.570. The van der Waals surface area contributed by atoms with Crippen LogP contribution >= 0.6 is 22.9 Å². The summed E-state index contributed by atoms with van der Waals surface area (Å²) < 4.78 is 0.646. The van der Waals surface area contributed by atoms with Crippen LogP contribution in [0.1, 0.15) is 23.8 Å². The Balaban J connectivity index is 1.74. The first-order chi connectivity index (χ1) is 10.6. The second kappa shape index (κ2) is 8.36. The molecule has 22 heavy (non-hydrogen) atoms. The van der Waals surface area contributed by atoms with Crippen LogP contribution in [0.4, 0.5) is 0 Å². The lowest BCUT2D eigenvalue weighted by Gasteiger charge is -2.18. The van der Waals surface area contributed by atoms with Gasteiger partial charge in [0.2, 0.25) is 5.91 Å². The molecule has 6 nitrogen and oxygen atoms in total. The maximum atomic E-state index is 11.9. The molecule has 2 rings (SSSR count). The van der Waals surface area contributed by atoms with Gasteiger partial charge in [-0.2, -0.15) is 0 Å². The van der Waals surface area contributed by atoms with Gasteiger partial charge >= 0.3 is 0 Å². The van der Waals surface area contributed by atoms with E-state index < -0.39 is 6.10 Å². The summed E-state index contributed by atoms with van der Waals surface area (Å²) in [6.45, 7) is 2.18. The van der Waals surface area contributed by atoms with Crippen molar-refractivity contribution in [2.75, 3.05) is 33.2 Å². The molecule has 122 valence electrons. The second-order valence-corrected chi connectivity index (χ2v) is 6.80. The van der Waals surface area contributed by atoms with E-state index in [4.69, 9.17) is 11.6 Å². The van der Waals surface area contributed by atoms with Gasteiger partial charge in [-0.15, -0.1) is 11.3 Å². The molecular formula is C14H21ClN4O2S. The molecule has 0 bridgehead atoms. The Morgan fingerprint density at radius 2 is 2.18 bits per heavy atom. The largest absolute Gasteiger partial charge is 0.386 e. The molecule has 1 unspecified atom stereocenters. The second-order valence-electron chi connectivity index (χ2n) is 5.05. The van der Waals surface area contributed by atoms with E-state index in [1.54, 1.807) is 19.2 Å². The zero-order chi connectivity index (χ0) is 15.9. The normalized spacial score (nSPS) is 16.7. The molecule has 1 aromatic rings. The first-order valence-corrected chi connectivity index (χ1v) is 8.45. The molecule has 1 aliphatic rings. The van der Waals surface area contributed by atoms with Crippen molar-refractivity contribution in [2.45, 2.75) is 18.9 Å². The number of aliphatic hydroxyl groups is 1. The fraction of sp³-hybridized carbons (Fsp3) is 0.571. The van der Waals surface area contributed by atoms with Crippen LogP contribution in [0.2, 0.25) is 4.34 Å². The van der Waals surface area contributed by atoms with Crippen LogP contribution in [0.5, 0.6) is 0 Å². The average Bonchev–Trinajstić information content (AvgIpc) is 3.18. The minimum atomic E-state index is -0.662. The number of rotatable bonds is 5. The first kappa shape index (κ1) is 17.1. The zero-order valence-corrected chi connectivity index (χ0v) is 14.1. The summed E-state index contributed by atoms with van der Waals surface area (Å²) in [5, 5.41) is 16.0. The number of carbonyl (C=O) groups excluding carboxylic acids is 1. The van der Waals surface area contributed by atoms with Crippen LogP contribution in [-0.4, -0.2) is 55.1 Å². The number of nitrogens with one attached hydrogen (secondary N) is 2. The summed E-state index contributed by atoms with van der Waals surface area (Å²) >= 11 is 7.19. The van der Waals surface area contributed by atoms with Crippen LogP contribution < -0.4 is 10.6 Å². The molecule has 1 fully saturated rings. The highest BCUT2D eigenvalue weighted by atomic mass is 35.5. The Labute approximate surface area is 139 Å². The average molecular weight is 345 g/mol. The number of thiophene rings is 1. The van der Waals surface area contributed by atoms with Crippen molar-refractivity contribution in [3.63, 3.8) is 0 Å². The molecule has 0 aliphatic carbocycles. The molecular weight excluding hydrogens is 324 g/mol. The molecule has 1 aliphatic heterocycles. The fourth-order valence-corrected chi connectivity index (χ4v) is 3.31. The van der Waals surface area contributed by atoms with Gasteiger partial charge in [0, 0.05) is 31.6 Å². The summed E-state index contributed by atoms with van der Waals surface area (Å²) in [7, 11) is 1.63. The number of amides is 1. The number of hydrogen-bond donors (Lipinski definition) is 3. The first-order valence-electron chi connectivity index (χ1n) is 7.25. The Morgan fingerprint density at radius 3 is 2.77 bits per heavy atom. The quantitative estimate of drug-likeness (QED) is 0.554. The van der Waals surface area contributed by atoms with Gasteiger partial charge in [-0.1, -0.05) is 11.6 Å². The monoisotopic (exact) mass is 344 g/mol. The summed E-state index contributed by atoms with van der Waals surface area (Å²) in [6.07, 6.45) is 1.49. The van der Waals surface area contributed by atoms with Crippen molar-refractivity contribution < 1.29 is 9.90 Å². The van der Waals surface area contributed by atoms with Gasteiger partial charge in [-0.05, 0) is 25.0 Å². The van der Waals surface area contributed by atoms with Gasteiger partial charge in [0.15, 0.2) is 5.96 Å². The number of halogens is 1. The zero-order valence-electron chi connectivity index (χ0n) is 12.5. The van der Waals surface area contributed by atoms with Crippen molar-refractivity contribution in [1.82, 2.24) is 15.5 Å². The number of carbonyl (C=O) groups is 1. The Hall–Kier alpha value is -1.31. The van der Waals surface area contributed by atoms with Crippen molar-refractivity contribution in [2.24, 2.45) is 4.99 Å². The Morgan fingerprint density at radius 1 is 1.45 bits per heavy atom. The van der Waals surface area contributed by atoms with E-state index in [1.165, 1.54) is 11.3 Å². The predicted molar refractivity (Wildman–Crippen MR) is 89.5 cm³/mol. The van der Waals surface area contributed by atoms with E-state index in [1.807, 2.05) is 4.90 Å². The molecule has 3 N–H and O–H groups in total. The Bertz CT molecular complexity index is 529. The molecule has 1 saturated heterocycles. The lowest BCUT2D eigenvalue weighted by molar-refractivity contribution is -0.128. The van der Waals surface area contributed by atoms with E-state index in [9.17, 15) is 9.90 Å². The van der Waals surface area contributed by atoms with Crippen LogP contribution in [0, 0.1) is 0 Å². The van der Waals surface area contributed by atoms with E-state index in [0.29, 0.717) is 16.8 Å². The molecule has 0 aromatic carbocycles. The number of likely N-dealkylation sites (tertiary alicyclic amines) is 1.